The second kappa shape index (κ2) is 5.54. The summed E-state index contributed by atoms with van der Waals surface area (Å²) in [6, 6.07) is 7.12. The molecule has 5 nitrogen and oxygen atoms in total. The average Bonchev–Trinajstić information content (AvgIpc) is 2.91. The number of fused-ring (bicyclic) bond motifs is 1. The van der Waals surface area contributed by atoms with Gasteiger partial charge in [0, 0.05) is 24.8 Å². The van der Waals surface area contributed by atoms with E-state index >= 15 is 0 Å². The molecule has 0 fully saturated rings. The zero-order valence-corrected chi connectivity index (χ0v) is 12.1. The van der Waals surface area contributed by atoms with Gasteiger partial charge >= 0.3 is 0 Å². The maximum atomic E-state index is 12.2. The third kappa shape index (κ3) is 2.87. The Bertz CT molecular complexity index is 785. The molecule has 0 aliphatic carbocycles. The number of halogens is 1. The minimum atomic E-state index is -0.230. The summed E-state index contributed by atoms with van der Waals surface area (Å²) in [5.41, 5.74) is 1.98. The summed E-state index contributed by atoms with van der Waals surface area (Å²) in [4.78, 5) is 20.6. The van der Waals surface area contributed by atoms with E-state index in [9.17, 15) is 4.79 Å². The summed E-state index contributed by atoms with van der Waals surface area (Å²) in [7, 11) is 0. The number of hydrogen-bond acceptors (Lipinski definition) is 3. The first-order chi connectivity index (χ1) is 10.1. The van der Waals surface area contributed by atoms with Crippen molar-refractivity contribution in [3.63, 3.8) is 0 Å². The largest absolute Gasteiger partial charge is 0.344 e. The van der Waals surface area contributed by atoms with E-state index in [-0.39, 0.29) is 11.9 Å². The molecule has 0 saturated carbocycles. The molecule has 1 atom stereocenters. The molecule has 3 heterocycles. The Hall–Kier alpha value is -2.40. The first-order valence-electron chi connectivity index (χ1n) is 6.48. The van der Waals surface area contributed by atoms with E-state index in [0.717, 1.165) is 5.56 Å². The third-order valence-corrected chi connectivity index (χ3v) is 3.40. The lowest BCUT2D eigenvalue weighted by molar-refractivity contribution is 0.0935. The number of nitrogens with one attached hydrogen (secondary N) is 1. The van der Waals surface area contributed by atoms with Gasteiger partial charge in [-0.25, -0.2) is 4.98 Å². The van der Waals surface area contributed by atoms with Crippen LogP contribution in [0, 0.1) is 0 Å². The molecule has 0 bridgehead atoms. The van der Waals surface area contributed by atoms with Gasteiger partial charge < -0.3 is 9.72 Å². The first-order valence-corrected chi connectivity index (χ1v) is 6.86. The van der Waals surface area contributed by atoms with Gasteiger partial charge in [-0.1, -0.05) is 17.7 Å². The van der Waals surface area contributed by atoms with Crippen LogP contribution in [0.5, 0.6) is 0 Å². The van der Waals surface area contributed by atoms with Crippen molar-refractivity contribution >= 4 is 23.2 Å². The van der Waals surface area contributed by atoms with E-state index in [1.54, 1.807) is 41.3 Å². The number of hydrogen-bond donors (Lipinski definition) is 1. The van der Waals surface area contributed by atoms with Crippen LogP contribution in [0.2, 0.25) is 5.02 Å². The summed E-state index contributed by atoms with van der Waals surface area (Å²) in [6.45, 7) is 1.90. The van der Waals surface area contributed by atoms with Crippen LogP contribution in [0.3, 0.4) is 0 Å². The number of pyridine rings is 2. The molecule has 1 N–H and O–H groups in total. The monoisotopic (exact) mass is 300 g/mol. The Morgan fingerprint density at radius 3 is 2.95 bits per heavy atom. The second-order valence-corrected chi connectivity index (χ2v) is 5.16. The van der Waals surface area contributed by atoms with Gasteiger partial charge in [-0.05, 0) is 30.7 Å². The highest BCUT2D eigenvalue weighted by atomic mass is 35.5. The van der Waals surface area contributed by atoms with Crippen LogP contribution >= 0.6 is 11.6 Å². The molecule has 6 heteroatoms. The molecule has 3 rings (SSSR count). The maximum absolute atomic E-state index is 12.2. The van der Waals surface area contributed by atoms with Crippen molar-refractivity contribution in [2.45, 2.75) is 13.0 Å². The Morgan fingerprint density at radius 2 is 2.19 bits per heavy atom. The highest BCUT2D eigenvalue weighted by molar-refractivity contribution is 6.30. The van der Waals surface area contributed by atoms with Crippen LogP contribution in [0.4, 0.5) is 0 Å². The molecule has 0 saturated heterocycles. The number of aromatic nitrogens is 3. The van der Waals surface area contributed by atoms with E-state index in [1.807, 2.05) is 19.1 Å². The van der Waals surface area contributed by atoms with Crippen molar-refractivity contribution in [3.05, 3.63) is 65.3 Å². The van der Waals surface area contributed by atoms with Crippen LogP contribution in [0.15, 0.2) is 49.1 Å². The molecule has 0 aliphatic rings. The lowest BCUT2D eigenvalue weighted by Gasteiger charge is -2.12. The van der Waals surface area contributed by atoms with E-state index < -0.39 is 0 Å². The van der Waals surface area contributed by atoms with Gasteiger partial charge in [0.25, 0.3) is 5.91 Å². The molecule has 1 amide bonds. The summed E-state index contributed by atoms with van der Waals surface area (Å²) in [5, 5.41) is 3.49. The van der Waals surface area contributed by atoms with Crippen LogP contribution in [-0.4, -0.2) is 20.3 Å². The fourth-order valence-corrected chi connectivity index (χ4v) is 2.23. The zero-order chi connectivity index (χ0) is 14.8. The van der Waals surface area contributed by atoms with Crippen molar-refractivity contribution in [1.29, 1.82) is 0 Å². The Kier molecular flexibility index (Phi) is 3.58. The number of rotatable bonds is 3. The summed E-state index contributed by atoms with van der Waals surface area (Å²) >= 11 is 5.92. The van der Waals surface area contributed by atoms with Gasteiger partial charge in [-0.15, -0.1) is 0 Å². The summed E-state index contributed by atoms with van der Waals surface area (Å²) in [6.07, 6.45) is 6.80. The van der Waals surface area contributed by atoms with Gasteiger partial charge in [0.05, 0.1) is 11.1 Å². The average molecular weight is 301 g/mol. The Labute approximate surface area is 126 Å². The fraction of sp³-hybridized carbons (Fsp3) is 0.133. The van der Waals surface area contributed by atoms with E-state index in [0.29, 0.717) is 16.4 Å². The smallest absolute Gasteiger partial charge is 0.271 e. The van der Waals surface area contributed by atoms with Crippen LogP contribution in [0.1, 0.15) is 29.0 Å². The lowest BCUT2D eigenvalue weighted by atomic mass is 10.1. The molecule has 3 aromatic rings. The molecule has 0 aliphatic heterocycles. The lowest BCUT2D eigenvalue weighted by Crippen LogP contribution is -2.26. The molecule has 0 aromatic carbocycles. The van der Waals surface area contributed by atoms with Gasteiger partial charge in [-0.2, -0.15) is 0 Å². The maximum Gasteiger partial charge on any atom is 0.271 e. The highest BCUT2D eigenvalue weighted by Crippen LogP contribution is 2.14. The van der Waals surface area contributed by atoms with Gasteiger partial charge in [-0.3, -0.25) is 9.78 Å². The van der Waals surface area contributed by atoms with Crippen molar-refractivity contribution in [2.24, 2.45) is 0 Å². The van der Waals surface area contributed by atoms with Crippen molar-refractivity contribution < 1.29 is 4.79 Å². The van der Waals surface area contributed by atoms with E-state index in [4.69, 9.17) is 11.6 Å². The van der Waals surface area contributed by atoms with Crippen molar-refractivity contribution in [3.8, 4) is 0 Å². The number of imidazole rings is 1. The van der Waals surface area contributed by atoms with Crippen molar-refractivity contribution in [1.82, 2.24) is 19.7 Å². The predicted octanol–water partition coefficient (Wildman–Crippen LogP) is 2.87. The van der Waals surface area contributed by atoms with Gasteiger partial charge in [0.2, 0.25) is 0 Å². The number of amides is 1. The molecule has 1 unspecified atom stereocenters. The quantitative estimate of drug-likeness (QED) is 0.809. The molecule has 3 aromatic heterocycles. The van der Waals surface area contributed by atoms with E-state index in [2.05, 4.69) is 15.3 Å². The predicted molar refractivity (Wildman–Crippen MR) is 80.3 cm³/mol. The van der Waals surface area contributed by atoms with Crippen LogP contribution in [0.25, 0.3) is 5.65 Å². The molecular formula is C15H13ClN4O. The number of nitrogens with zero attached hydrogens (tertiary/aromatic N) is 3. The molecule has 21 heavy (non-hydrogen) atoms. The highest BCUT2D eigenvalue weighted by Gasteiger charge is 2.14. The standard InChI is InChI=1S/C15H13ClN4O/c1-10(11-3-2-6-17-7-11)18-15(21)13-9-20-8-12(16)4-5-14(20)19-13/h2-10H,1H3,(H,18,21). The number of carbonyl (C=O) groups is 1. The third-order valence-electron chi connectivity index (χ3n) is 3.18. The zero-order valence-electron chi connectivity index (χ0n) is 11.3. The summed E-state index contributed by atoms with van der Waals surface area (Å²) < 4.78 is 1.73. The molecule has 106 valence electrons. The van der Waals surface area contributed by atoms with Crippen LogP contribution in [-0.2, 0) is 0 Å². The van der Waals surface area contributed by atoms with Gasteiger partial charge in [0.15, 0.2) is 0 Å². The minimum absolute atomic E-state index is 0.139. The first kappa shape index (κ1) is 13.6. The Balaban J connectivity index is 1.80. The second-order valence-electron chi connectivity index (χ2n) is 4.72. The fourth-order valence-electron chi connectivity index (χ4n) is 2.06. The number of carbonyl (C=O) groups excluding carboxylic acids is 1. The van der Waals surface area contributed by atoms with E-state index in [1.165, 1.54) is 0 Å². The summed E-state index contributed by atoms with van der Waals surface area (Å²) in [5.74, 6) is -0.230. The van der Waals surface area contributed by atoms with Gasteiger partial charge in [0.1, 0.15) is 11.3 Å². The SMILES string of the molecule is CC(NC(=O)c1cn2cc(Cl)ccc2n1)c1cccnc1. The molecule has 0 spiro atoms. The topological polar surface area (TPSA) is 59.3 Å². The van der Waals surface area contributed by atoms with Crippen molar-refractivity contribution in [2.75, 3.05) is 0 Å². The normalized spacial score (nSPS) is 12.3. The minimum Gasteiger partial charge on any atom is -0.344 e. The van der Waals surface area contributed by atoms with Crippen LogP contribution < -0.4 is 5.32 Å². The molecular weight excluding hydrogens is 288 g/mol. The Morgan fingerprint density at radius 1 is 1.33 bits per heavy atom. The molecule has 0 radical (unpaired) electrons.